The van der Waals surface area contributed by atoms with Crippen LogP contribution >= 0.6 is 23.2 Å². The molecule has 3 aromatic carbocycles. The molecule has 0 spiro atoms. The summed E-state index contributed by atoms with van der Waals surface area (Å²) in [6, 6.07) is 20.7. The zero-order valence-corrected chi connectivity index (χ0v) is 28.2. The van der Waals surface area contributed by atoms with Crippen molar-refractivity contribution >= 4 is 50.7 Å². The SMILES string of the molecule is CCOc1ccccc1N(CCCC(=O)N(Cc1ccc(Cl)c(Cl)c1)C(Cc1ccccc1)C(=O)NC(C)(C)C)S(C)(=O)=O. The zero-order valence-electron chi connectivity index (χ0n) is 25.8. The number of sulfonamides is 1. The molecule has 2 amide bonds. The van der Waals surface area contributed by atoms with E-state index < -0.39 is 21.6 Å². The molecule has 8 nitrogen and oxygen atoms in total. The van der Waals surface area contributed by atoms with Crippen LogP contribution in [0.2, 0.25) is 10.0 Å². The number of carbonyl (C=O) groups excluding carboxylic acids is 2. The van der Waals surface area contributed by atoms with E-state index in [1.165, 1.54) is 4.31 Å². The first-order valence-electron chi connectivity index (χ1n) is 14.5. The minimum Gasteiger partial charge on any atom is -0.492 e. The highest BCUT2D eigenvalue weighted by Crippen LogP contribution is 2.30. The molecule has 0 saturated heterocycles. The minimum absolute atomic E-state index is 0.00175. The Morgan fingerprint density at radius 3 is 2.20 bits per heavy atom. The lowest BCUT2D eigenvalue weighted by atomic mass is 10.00. The highest BCUT2D eigenvalue weighted by Gasteiger charge is 2.32. The van der Waals surface area contributed by atoms with Gasteiger partial charge in [0.15, 0.2) is 0 Å². The first-order valence-corrected chi connectivity index (χ1v) is 17.1. The van der Waals surface area contributed by atoms with Crippen molar-refractivity contribution < 1.29 is 22.7 Å². The first-order chi connectivity index (χ1) is 20.7. The predicted octanol–water partition coefficient (Wildman–Crippen LogP) is 6.49. The molecule has 3 aromatic rings. The second kappa shape index (κ2) is 15.6. The summed E-state index contributed by atoms with van der Waals surface area (Å²) < 4.78 is 32.6. The van der Waals surface area contributed by atoms with Crippen LogP contribution in [0.4, 0.5) is 5.69 Å². The fourth-order valence-electron chi connectivity index (χ4n) is 4.76. The molecule has 0 aliphatic rings. The van der Waals surface area contributed by atoms with Gasteiger partial charge in [-0.1, -0.05) is 71.7 Å². The van der Waals surface area contributed by atoms with Gasteiger partial charge in [-0.25, -0.2) is 8.42 Å². The van der Waals surface area contributed by atoms with Crippen molar-refractivity contribution in [3.63, 3.8) is 0 Å². The molecule has 1 N–H and O–H groups in total. The molecule has 1 atom stereocenters. The van der Waals surface area contributed by atoms with Crippen molar-refractivity contribution in [2.45, 2.75) is 65.1 Å². The van der Waals surface area contributed by atoms with Crippen molar-refractivity contribution in [3.05, 3.63) is 94.0 Å². The normalized spacial score (nSPS) is 12.3. The molecular weight excluding hydrogens is 621 g/mol. The van der Waals surface area contributed by atoms with Crippen LogP contribution in [-0.2, 0) is 32.6 Å². The maximum atomic E-state index is 14.0. The molecule has 0 fully saturated rings. The van der Waals surface area contributed by atoms with Gasteiger partial charge in [-0.3, -0.25) is 13.9 Å². The molecule has 0 aliphatic heterocycles. The number of hydrogen-bond acceptors (Lipinski definition) is 5. The molecule has 238 valence electrons. The number of nitrogens with one attached hydrogen (secondary N) is 1. The second-order valence-corrected chi connectivity index (χ2v) is 14.3. The third-order valence-electron chi connectivity index (χ3n) is 6.69. The highest BCUT2D eigenvalue weighted by atomic mass is 35.5. The fourth-order valence-corrected chi connectivity index (χ4v) is 6.05. The summed E-state index contributed by atoms with van der Waals surface area (Å²) in [6.45, 7) is 8.00. The van der Waals surface area contributed by atoms with Gasteiger partial charge in [-0.05, 0) is 69.5 Å². The van der Waals surface area contributed by atoms with E-state index in [0.717, 1.165) is 11.8 Å². The van der Waals surface area contributed by atoms with E-state index in [1.807, 2.05) is 58.0 Å². The van der Waals surface area contributed by atoms with E-state index in [2.05, 4.69) is 5.32 Å². The van der Waals surface area contributed by atoms with Crippen molar-refractivity contribution in [1.29, 1.82) is 0 Å². The number of ether oxygens (including phenoxy) is 1. The van der Waals surface area contributed by atoms with Crippen LogP contribution < -0.4 is 14.4 Å². The molecule has 0 heterocycles. The van der Waals surface area contributed by atoms with Crippen LogP contribution in [0.15, 0.2) is 72.8 Å². The summed E-state index contributed by atoms with van der Waals surface area (Å²) >= 11 is 12.5. The van der Waals surface area contributed by atoms with E-state index in [4.69, 9.17) is 27.9 Å². The average molecular weight is 663 g/mol. The number of amides is 2. The number of para-hydroxylation sites is 2. The molecule has 0 radical (unpaired) electrons. The van der Waals surface area contributed by atoms with Gasteiger partial charge in [0.25, 0.3) is 0 Å². The third kappa shape index (κ3) is 10.4. The van der Waals surface area contributed by atoms with Crippen LogP contribution in [-0.4, -0.2) is 56.1 Å². The molecule has 0 saturated carbocycles. The average Bonchev–Trinajstić information content (AvgIpc) is 2.94. The molecular formula is C33H41Cl2N3O5S. The fraction of sp³-hybridized carbons (Fsp3) is 0.394. The number of benzene rings is 3. The van der Waals surface area contributed by atoms with Gasteiger partial charge in [-0.15, -0.1) is 0 Å². The van der Waals surface area contributed by atoms with Gasteiger partial charge in [0.2, 0.25) is 21.8 Å². The topological polar surface area (TPSA) is 96.0 Å². The monoisotopic (exact) mass is 661 g/mol. The molecule has 1 unspecified atom stereocenters. The van der Waals surface area contributed by atoms with Gasteiger partial charge >= 0.3 is 0 Å². The van der Waals surface area contributed by atoms with Gasteiger partial charge in [0.05, 0.1) is 28.6 Å². The molecule has 0 aliphatic carbocycles. The predicted molar refractivity (Wildman–Crippen MR) is 178 cm³/mol. The van der Waals surface area contributed by atoms with Gasteiger partial charge in [0.1, 0.15) is 11.8 Å². The Morgan fingerprint density at radius 1 is 0.932 bits per heavy atom. The van der Waals surface area contributed by atoms with Crippen LogP contribution in [0.25, 0.3) is 0 Å². The number of halogens is 2. The van der Waals surface area contributed by atoms with Crippen LogP contribution in [0, 0.1) is 0 Å². The lowest BCUT2D eigenvalue weighted by Gasteiger charge is -2.34. The quantitative estimate of drug-likeness (QED) is 0.213. The number of rotatable bonds is 14. The Balaban J connectivity index is 1.94. The zero-order chi connectivity index (χ0) is 32.5. The number of hydrogen-bond donors (Lipinski definition) is 1. The van der Waals surface area contributed by atoms with Crippen LogP contribution in [0.5, 0.6) is 5.75 Å². The van der Waals surface area contributed by atoms with E-state index >= 15 is 0 Å². The molecule has 0 aromatic heterocycles. The van der Waals surface area contributed by atoms with Crippen LogP contribution in [0.1, 0.15) is 51.7 Å². The summed E-state index contributed by atoms with van der Waals surface area (Å²) in [7, 11) is -3.69. The van der Waals surface area contributed by atoms with E-state index in [0.29, 0.717) is 33.7 Å². The highest BCUT2D eigenvalue weighted by molar-refractivity contribution is 7.92. The number of nitrogens with zero attached hydrogens (tertiary/aromatic N) is 2. The largest absolute Gasteiger partial charge is 0.492 e. The summed E-state index contributed by atoms with van der Waals surface area (Å²) in [5, 5.41) is 3.76. The number of carbonyl (C=O) groups is 2. The molecule has 3 rings (SSSR count). The summed E-state index contributed by atoms with van der Waals surface area (Å²) in [5.74, 6) is -0.152. The maximum absolute atomic E-state index is 14.0. The smallest absolute Gasteiger partial charge is 0.243 e. The Hall–Kier alpha value is -3.27. The van der Waals surface area contributed by atoms with E-state index in [9.17, 15) is 18.0 Å². The van der Waals surface area contributed by atoms with Gasteiger partial charge in [-0.2, -0.15) is 0 Å². The van der Waals surface area contributed by atoms with Crippen molar-refractivity contribution in [2.24, 2.45) is 0 Å². The molecule has 44 heavy (non-hydrogen) atoms. The lowest BCUT2D eigenvalue weighted by molar-refractivity contribution is -0.142. The van der Waals surface area contributed by atoms with Gasteiger partial charge < -0.3 is 15.0 Å². The molecule has 0 bridgehead atoms. The Labute approximate surface area is 271 Å². The standard InChI is InChI=1S/C33H41Cl2N3O5S/c1-6-43-30-16-11-10-15-28(30)38(44(5,41)42)20-12-17-31(39)37(23-25-18-19-26(34)27(35)21-25)29(32(40)36-33(2,3)4)22-24-13-8-7-9-14-24/h7-11,13-16,18-19,21,29H,6,12,17,20,22-23H2,1-5H3,(H,36,40). The summed E-state index contributed by atoms with van der Waals surface area (Å²) in [4.78, 5) is 29.3. The maximum Gasteiger partial charge on any atom is 0.243 e. The van der Waals surface area contributed by atoms with Crippen molar-refractivity contribution in [3.8, 4) is 5.75 Å². The molecule has 11 heteroatoms. The Kier molecular flexibility index (Phi) is 12.5. The summed E-state index contributed by atoms with van der Waals surface area (Å²) in [5.41, 5.74) is 1.47. The van der Waals surface area contributed by atoms with Crippen molar-refractivity contribution in [2.75, 3.05) is 23.7 Å². The Bertz CT molecular complexity index is 1530. The first kappa shape index (κ1) is 35.2. The third-order valence-corrected chi connectivity index (χ3v) is 8.61. The Morgan fingerprint density at radius 2 is 1.59 bits per heavy atom. The van der Waals surface area contributed by atoms with E-state index in [-0.39, 0.29) is 44.2 Å². The lowest BCUT2D eigenvalue weighted by Crippen LogP contribution is -2.54. The van der Waals surface area contributed by atoms with Crippen molar-refractivity contribution in [1.82, 2.24) is 10.2 Å². The number of anilines is 1. The minimum atomic E-state index is -3.69. The van der Waals surface area contributed by atoms with Crippen LogP contribution in [0.3, 0.4) is 0 Å². The van der Waals surface area contributed by atoms with Gasteiger partial charge in [0, 0.05) is 31.5 Å². The van der Waals surface area contributed by atoms with E-state index in [1.54, 1.807) is 47.4 Å². The second-order valence-electron chi connectivity index (χ2n) is 11.6. The summed E-state index contributed by atoms with van der Waals surface area (Å²) in [6.07, 6.45) is 1.62.